The molecule has 0 bridgehead atoms. The van der Waals surface area contributed by atoms with Gasteiger partial charge in [0, 0.05) is 6.92 Å². The molecule has 1 heterocycles. The SMILES string of the molecule is COc1ccc(CO[C@@H]2[C@@H](NC(C)=O)[C@@H](O)O[C@H](COCc3ccccc3)[C@H]2OCc2ccccc2)cc1. The van der Waals surface area contributed by atoms with E-state index in [-0.39, 0.29) is 19.1 Å². The van der Waals surface area contributed by atoms with E-state index >= 15 is 0 Å². The van der Waals surface area contributed by atoms with E-state index in [1.54, 1.807) is 7.11 Å². The standard InChI is InChI=1S/C30H35NO7/c1-21(32)31-27-29(37-19-24-13-15-25(34-2)16-14-24)28(36-18-23-11-7-4-8-12-23)26(38-30(27)33)20-35-17-22-9-5-3-6-10-22/h3-16,26-30,33H,17-20H2,1-2H3,(H,31,32)/t26-,27-,28-,29-,30+/m1/s1. The van der Waals surface area contributed by atoms with Gasteiger partial charge in [-0.15, -0.1) is 0 Å². The van der Waals surface area contributed by atoms with Crippen molar-refractivity contribution in [3.63, 3.8) is 0 Å². The van der Waals surface area contributed by atoms with E-state index in [0.717, 1.165) is 22.4 Å². The highest BCUT2D eigenvalue weighted by Crippen LogP contribution is 2.28. The molecule has 1 amide bonds. The van der Waals surface area contributed by atoms with Crippen molar-refractivity contribution < 1.29 is 33.6 Å². The number of nitrogens with one attached hydrogen (secondary N) is 1. The van der Waals surface area contributed by atoms with Crippen LogP contribution in [0.25, 0.3) is 0 Å². The predicted molar refractivity (Wildman–Crippen MR) is 141 cm³/mol. The maximum absolute atomic E-state index is 12.0. The van der Waals surface area contributed by atoms with Crippen LogP contribution in [0.4, 0.5) is 0 Å². The molecule has 2 N–H and O–H groups in total. The summed E-state index contributed by atoms with van der Waals surface area (Å²) in [7, 11) is 1.61. The van der Waals surface area contributed by atoms with Gasteiger partial charge in [0.2, 0.25) is 5.91 Å². The number of hydrogen-bond acceptors (Lipinski definition) is 7. The summed E-state index contributed by atoms with van der Waals surface area (Å²) in [6.45, 7) is 2.48. The third kappa shape index (κ3) is 7.86. The van der Waals surface area contributed by atoms with Crippen molar-refractivity contribution in [3.05, 3.63) is 102 Å². The predicted octanol–water partition coefficient (Wildman–Crippen LogP) is 3.60. The van der Waals surface area contributed by atoms with Gasteiger partial charge in [-0.3, -0.25) is 4.79 Å². The maximum atomic E-state index is 12.0. The summed E-state index contributed by atoms with van der Waals surface area (Å²) in [4.78, 5) is 12.0. The molecule has 202 valence electrons. The first-order valence-corrected chi connectivity index (χ1v) is 12.7. The third-order valence-corrected chi connectivity index (χ3v) is 6.32. The lowest BCUT2D eigenvalue weighted by molar-refractivity contribution is -0.277. The summed E-state index contributed by atoms with van der Waals surface area (Å²) in [5.74, 6) is 0.433. The molecule has 1 fully saturated rings. The van der Waals surface area contributed by atoms with Crippen molar-refractivity contribution in [1.82, 2.24) is 5.32 Å². The molecular weight excluding hydrogens is 486 g/mol. The van der Waals surface area contributed by atoms with Gasteiger partial charge in [0.25, 0.3) is 0 Å². The molecule has 0 saturated carbocycles. The molecule has 0 aromatic heterocycles. The van der Waals surface area contributed by atoms with Crippen LogP contribution in [0.5, 0.6) is 5.75 Å². The number of amides is 1. The molecule has 1 aliphatic rings. The van der Waals surface area contributed by atoms with Crippen LogP contribution in [-0.2, 0) is 43.6 Å². The molecule has 1 aliphatic heterocycles. The minimum Gasteiger partial charge on any atom is -0.497 e. The van der Waals surface area contributed by atoms with E-state index in [1.807, 2.05) is 84.9 Å². The van der Waals surface area contributed by atoms with Crippen molar-refractivity contribution in [3.8, 4) is 5.75 Å². The Bertz CT molecular complexity index is 1110. The highest BCUT2D eigenvalue weighted by atomic mass is 16.7. The second-order valence-electron chi connectivity index (χ2n) is 9.18. The molecule has 0 unspecified atom stereocenters. The molecule has 38 heavy (non-hydrogen) atoms. The Labute approximate surface area is 223 Å². The van der Waals surface area contributed by atoms with Gasteiger partial charge in [-0.05, 0) is 28.8 Å². The number of carbonyl (C=O) groups excluding carboxylic acids is 1. The third-order valence-electron chi connectivity index (χ3n) is 6.32. The van der Waals surface area contributed by atoms with Crippen LogP contribution in [0.1, 0.15) is 23.6 Å². The Kier molecular flexibility index (Phi) is 10.3. The lowest BCUT2D eigenvalue weighted by Gasteiger charge is -2.44. The number of aliphatic hydroxyl groups excluding tert-OH is 1. The van der Waals surface area contributed by atoms with Crippen LogP contribution in [-0.4, -0.2) is 55.4 Å². The van der Waals surface area contributed by atoms with E-state index in [0.29, 0.717) is 13.2 Å². The minimum absolute atomic E-state index is 0.167. The molecule has 3 aromatic rings. The zero-order chi connectivity index (χ0) is 26.7. The molecule has 0 aliphatic carbocycles. The first-order chi connectivity index (χ1) is 18.5. The first-order valence-electron chi connectivity index (χ1n) is 12.7. The fourth-order valence-corrected chi connectivity index (χ4v) is 4.39. The van der Waals surface area contributed by atoms with Gasteiger partial charge in [-0.2, -0.15) is 0 Å². The number of methoxy groups -OCH3 is 1. The average molecular weight is 522 g/mol. The highest BCUT2D eigenvalue weighted by molar-refractivity contribution is 5.73. The minimum atomic E-state index is -1.30. The Hall–Kier alpha value is -3.27. The zero-order valence-corrected chi connectivity index (χ0v) is 21.7. The topological polar surface area (TPSA) is 95.5 Å². The molecule has 0 radical (unpaired) electrons. The van der Waals surface area contributed by atoms with Crippen LogP contribution < -0.4 is 10.1 Å². The van der Waals surface area contributed by atoms with Crippen LogP contribution in [0.3, 0.4) is 0 Å². The van der Waals surface area contributed by atoms with Crippen LogP contribution in [0.2, 0.25) is 0 Å². The Morgan fingerprint density at radius 2 is 1.37 bits per heavy atom. The number of ether oxygens (including phenoxy) is 5. The fraction of sp³-hybridized carbons (Fsp3) is 0.367. The normalized spacial score (nSPS) is 23.1. The van der Waals surface area contributed by atoms with Gasteiger partial charge in [-0.25, -0.2) is 0 Å². The summed E-state index contributed by atoms with van der Waals surface area (Å²) in [5, 5.41) is 13.7. The van der Waals surface area contributed by atoms with Crippen LogP contribution >= 0.6 is 0 Å². The molecule has 4 rings (SSSR count). The van der Waals surface area contributed by atoms with Crippen LogP contribution in [0.15, 0.2) is 84.9 Å². The number of aliphatic hydroxyl groups is 1. The van der Waals surface area contributed by atoms with Gasteiger partial charge in [-0.1, -0.05) is 72.8 Å². The number of benzene rings is 3. The van der Waals surface area contributed by atoms with Crippen molar-refractivity contribution in [2.75, 3.05) is 13.7 Å². The van der Waals surface area contributed by atoms with Gasteiger partial charge < -0.3 is 34.1 Å². The monoisotopic (exact) mass is 521 g/mol. The van der Waals surface area contributed by atoms with Crippen molar-refractivity contribution in [2.45, 2.75) is 57.4 Å². The molecule has 8 nitrogen and oxygen atoms in total. The van der Waals surface area contributed by atoms with E-state index < -0.39 is 30.6 Å². The number of rotatable bonds is 12. The average Bonchev–Trinajstić information content (AvgIpc) is 2.94. The first kappa shape index (κ1) is 27.8. The molecular formula is C30H35NO7. The van der Waals surface area contributed by atoms with Crippen molar-refractivity contribution >= 4 is 5.91 Å². The van der Waals surface area contributed by atoms with E-state index in [9.17, 15) is 9.90 Å². The highest BCUT2D eigenvalue weighted by Gasteiger charge is 2.47. The molecule has 5 atom stereocenters. The molecule has 1 saturated heterocycles. The molecule has 8 heteroatoms. The summed E-state index contributed by atoms with van der Waals surface area (Å²) in [6.07, 6.45) is -3.28. The smallest absolute Gasteiger partial charge is 0.217 e. The van der Waals surface area contributed by atoms with Gasteiger partial charge in [0.05, 0.1) is 33.5 Å². The molecule has 3 aromatic carbocycles. The summed E-state index contributed by atoms with van der Waals surface area (Å²) < 4.78 is 29.9. The zero-order valence-electron chi connectivity index (χ0n) is 21.7. The van der Waals surface area contributed by atoms with Gasteiger partial charge in [0.1, 0.15) is 30.1 Å². The number of hydrogen-bond donors (Lipinski definition) is 2. The fourth-order valence-electron chi connectivity index (χ4n) is 4.39. The maximum Gasteiger partial charge on any atom is 0.217 e. The Morgan fingerprint density at radius 3 is 1.95 bits per heavy atom. The van der Waals surface area contributed by atoms with E-state index in [4.69, 9.17) is 23.7 Å². The van der Waals surface area contributed by atoms with E-state index in [1.165, 1.54) is 6.92 Å². The lowest BCUT2D eigenvalue weighted by Crippen LogP contribution is -2.65. The van der Waals surface area contributed by atoms with E-state index in [2.05, 4.69) is 5.32 Å². The number of carbonyl (C=O) groups is 1. The lowest BCUT2D eigenvalue weighted by atomic mass is 9.96. The quantitative estimate of drug-likeness (QED) is 0.376. The largest absolute Gasteiger partial charge is 0.497 e. The Morgan fingerprint density at radius 1 is 0.816 bits per heavy atom. The second kappa shape index (κ2) is 14.0. The second-order valence-corrected chi connectivity index (χ2v) is 9.18. The van der Waals surface area contributed by atoms with Gasteiger partial charge >= 0.3 is 0 Å². The summed E-state index contributed by atoms with van der Waals surface area (Å²) in [5.41, 5.74) is 2.91. The molecule has 0 spiro atoms. The summed E-state index contributed by atoms with van der Waals surface area (Å²) in [6, 6.07) is 26.3. The van der Waals surface area contributed by atoms with Crippen LogP contribution in [0, 0.1) is 0 Å². The Balaban J connectivity index is 1.53. The van der Waals surface area contributed by atoms with Gasteiger partial charge in [0.15, 0.2) is 6.29 Å². The van der Waals surface area contributed by atoms with Crippen molar-refractivity contribution in [1.29, 1.82) is 0 Å². The van der Waals surface area contributed by atoms with Crippen molar-refractivity contribution in [2.24, 2.45) is 0 Å². The summed E-state index contributed by atoms with van der Waals surface area (Å²) >= 11 is 0.